The number of anilines is 1. The molecule has 2 aromatic rings. The van der Waals surface area contributed by atoms with Crippen LogP contribution in [0.2, 0.25) is 0 Å². The van der Waals surface area contributed by atoms with Crippen molar-refractivity contribution >= 4 is 11.6 Å². The quantitative estimate of drug-likeness (QED) is 0.860. The van der Waals surface area contributed by atoms with Gasteiger partial charge in [-0.1, -0.05) is 30.3 Å². The highest BCUT2D eigenvalue weighted by Crippen LogP contribution is 2.30. The summed E-state index contributed by atoms with van der Waals surface area (Å²) in [5.41, 5.74) is 1.28. The van der Waals surface area contributed by atoms with Crippen LogP contribution in [0.4, 0.5) is 5.69 Å². The number of ether oxygens (including phenoxy) is 2. The SMILES string of the molecule is C[C@H](CNC(=O)[C@H]1COc2ccccc2O1)N1CCN(c2ccccc2)CC1. The van der Waals surface area contributed by atoms with E-state index in [0.29, 0.717) is 18.0 Å². The summed E-state index contributed by atoms with van der Waals surface area (Å²) in [6.45, 7) is 6.98. The van der Waals surface area contributed by atoms with Gasteiger partial charge >= 0.3 is 0 Å². The Morgan fingerprint density at radius 2 is 1.71 bits per heavy atom. The van der Waals surface area contributed by atoms with Crippen molar-refractivity contribution in [1.29, 1.82) is 0 Å². The van der Waals surface area contributed by atoms with E-state index in [2.05, 4.69) is 46.3 Å². The van der Waals surface area contributed by atoms with Crippen LogP contribution in [0.25, 0.3) is 0 Å². The van der Waals surface area contributed by atoms with Crippen molar-refractivity contribution in [3.8, 4) is 11.5 Å². The standard InChI is InChI=1S/C22H27N3O3/c1-17(24-11-13-25(14-12-24)18-7-3-2-4-8-18)15-23-22(26)21-16-27-19-9-5-6-10-20(19)28-21/h2-10,17,21H,11-16H2,1H3,(H,23,26)/t17-,21-/m1/s1. The number of carbonyl (C=O) groups excluding carboxylic acids is 1. The van der Waals surface area contributed by atoms with Gasteiger partial charge in [-0.25, -0.2) is 0 Å². The van der Waals surface area contributed by atoms with Crippen LogP contribution in [0, 0.1) is 0 Å². The molecule has 0 aliphatic carbocycles. The number of amides is 1. The molecule has 1 N–H and O–H groups in total. The Labute approximate surface area is 166 Å². The number of para-hydroxylation sites is 3. The molecule has 6 nitrogen and oxygen atoms in total. The molecule has 0 spiro atoms. The summed E-state index contributed by atoms with van der Waals surface area (Å²) in [4.78, 5) is 17.3. The van der Waals surface area contributed by atoms with Crippen LogP contribution in [-0.2, 0) is 4.79 Å². The summed E-state index contributed by atoms with van der Waals surface area (Å²) in [5.74, 6) is 1.19. The molecule has 2 aliphatic heterocycles. The Bertz CT molecular complexity index is 791. The number of fused-ring (bicyclic) bond motifs is 1. The fourth-order valence-electron chi connectivity index (χ4n) is 3.70. The molecule has 1 saturated heterocycles. The molecule has 28 heavy (non-hydrogen) atoms. The van der Waals surface area contributed by atoms with Crippen molar-refractivity contribution in [3.05, 3.63) is 54.6 Å². The summed E-state index contributed by atoms with van der Waals surface area (Å²) < 4.78 is 11.4. The van der Waals surface area contributed by atoms with Crippen molar-refractivity contribution < 1.29 is 14.3 Å². The zero-order valence-electron chi connectivity index (χ0n) is 16.2. The maximum Gasteiger partial charge on any atom is 0.264 e. The van der Waals surface area contributed by atoms with E-state index in [1.807, 2.05) is 30.3 Å². The predicted octanol–water partition coefficient (Wildman–Crippen LogP) is 2.15. The van der Waals surface area contributed by atoms with E-state index in [0.717, 1.165) is 26.2 Å². The van der Waals surface area contributed by atoms with E-state index >= 15 is 0 Å². The molecule has 0 aromatic heterocycles. The first kappa shape index (κ1) is 18.6. The van der Waals surface area contributed by atoms with E-state index < -0.39 is 6.10 Å². The third kappa shape index (κ3) is 4.22. The van der Waals surface area contributed by atoms with E-state index in [1.54, 1.807) is 0 Å². The molecule has 0 unspecified atom stereocenters. The lowest BCUT2D eigenvalue weighted by molar-refractivity contribution is -0.130. The first-order valence-electron chi connectivity index (χ1n) is 9.91. The van der Waals surface area contributed by atoms with Gasteiger partial charge in [-0.2, -0.15) is 0 Å². The zero-order valence-corrected chi connectivity index (χ0v) is 16.2. The number of hydrogen-bond donors (Lipinski definition) is 1. The lowest BCUT2D eigenvalue weighted by Gasteiger charge is -2.39. The van der Waals surface area contributed by atoms with Crippen molar-refractivity contribution in [2.45, 2.75) is 19.1 Å². The number of benzene rings is 2. The molecule has 0 radical (unpaired) electrons. The van der Waals surface area contributed by atoms with Gasteiger partial charge in [0.25, 0.3) is 5.91 Å². The fraction of sp³-hybridized carbons (Fsp3) is 0.409. The van der Waals surface area contributed by atoms with Gasteiger partial charge in [-0.15, -0.1) is 0 Å². The zero-order chi connectivity index (χ0) is 19.3. The van der Waals surface area contributed by atoms with Gasteiger partial charge in [0.1, 0.15) is 6.61 Å². The normalized spacial score (nSPS) is 20.5. The molecule has 148 valence electrons. The van der Waals surface area contributed by atoms with Crippen LogP contribution >= 0.6 is 0 Å². The van der Waals surface area contributed by atoms with Gasteiger partial charge in [-0.3, -0.25) is 9.69 Å². The van der Waals surface area contributed by atoms with Crippen molar-refractivity contribution in [1.82, 2.24) is 10.2 Å². The molecule has 2 aromatic carbocycles. The number of nitrogens with one attached hydrogen (secondary N) is 1. The molecule has 2 heterocycles. The van der Waals surface area contributed by atoms with E-state index in [-0.39, 0.29) is 18.6 Å². The molecule has 2 atom stereocenters. The smallest absolute Gasteiger partial charge is 0.264 e. The Kier molecular flexibility index (Phi) is 5.67. The summed E-state index contributed by atoms with van der Waals surface area (Å²) in [7, 11) is 0. The summed E-state index contributed by atoms with van der Waals surface area (Å²) in [6.07, 6.45) is -0.600. The second kappa shape index (κ2) is 8.52. The second-order valence-corrected chi connectivity index (χ2v) is 7.32. The molecule has 2 aliphatic rings. The largest absolute Gasteiger partial charge is 0.485 e. The van der Waals surface area contributed by atoms with Crippen molar-refractivity contribution in [2.24, 2.45) is 0 Å². The lowest BCUT2D eigenvalue weighted by Crippen LogP contribution is -2.53. The van der Waals surface area contributed by atoms with Crippen LogP contribution in [-0.4, -0.2) is 62.3 Å². The topological polar surface area (TPSA) is 54.0 Å². The maximum atomic E-state index is 12.5. The molecule has 6 heteroatoms. The first-order valence-corrected chi connectivity index (χ1v) is 9.91. The average molecular weight is 381 g/mol. The Hall–Kier alpha value is -2.73. The summed E-state index contributed by atoms with van der Waals surface area (Å²) in [6, 6.07) is 18.2. The molecule has 1 fully saturated rings. The maximum absolute atomic E-state index is 12.5. The highest BCUT2D eigenvalue weighted by molar-refractivity contribution is 5.81. The van der Waals surface area contributed by atoms with Gasteiger partial charge in [0.15, 0.2) is 11.5 Å². The van der Waals surface area contributed by atoms with Crippen LogP contribution in [0.15, 0.2) is 54.6 Å². The number of rotatable bonds is 5. The number of hydrogen-bond acceptors (Lipinski definition) is 5. The number of piperazine rings is 1. The minimum atomic E-state index is -0.600. The van der Waals surface area contributed by atoms with Crippen molar-refractivity contribution in [3.63, 3.8) is 0 Å². The fourth-order valence-corrected chi connectivity index (χ4v) is 3.70. The third-order valence-electron chi connectivity index (χ3n) is 5.43. The second-order valence-electron chi connectivity index (χ2n) is 7.32. The van der Waals surface area contributed by atoms with Crippen LogP contribution in [0.1, 0.15) is 6.92 Å². The van der Waals surface area contributed by atoms with E-state index in [9.17, 15) is 4.79 Å². The summed E-state index contributed by atoms with van der Waals surface area (Å²) in [5, 5.41) is 3.02. The van der Waals surface area contributed by atoms with Crippen molar-refractivity contribution in [2.75, 3.05) is 44.2 Å². The van der Waals surface area contributed by atoms with Gasteiger partial charge < -0.3 is 19.7 Å². The molecule has 1 amide bonds. The lowest BCUT2D eigenvalue weighted by atomic mass is 10.2. The van der Waals surface area contributed by atoms with Gasteiger partial charge in [0, 0.05) is 44.5 Å². The molecule has 4 rings (SSSR count). The number of carbonyl (C=O) groups is 1. The molecule has 0 saturated carbocycles. The third-order valence-corrected chi connectivity index (χ3v) is 5.43. The predicted molar refractivity (Wildman–Crippen MR) is 109 cm³/mol. The number of nitrogens with zero attached hydrogens (tertiary/aromatic N) is 2. The monoisotopic (exact) mass is 381 g/mol. The molecular weight excluding hydrogens is 354 g/mol. The highest BCUT2D eigenvalue weighted by Gasteiger charge is 2.28. The highest BCUT2D eigenvalue weighted by atomic mass is 16.6. The van der Waals surface area contributed by atoms with E-state index in [4.69, 9.17) is 9.47 Å². The molecular formula is C22H27N3O3. The van der Waals surface area contributed by atoms with Crippen LogP contribution in [0.3, 0.4) is 0 Å². The van der Waals surface area contributed by atoms with Gasteiger partial charge in [-0.05, 0) is 31.2 Å². The first-order chi connectivity index (χ1) is 13.7. The Balaban J connectivity index is 1.23. The average Bonchev–Trinajstić information content (AvgIpc) is 2.77. The Morgan fingerprint density at radius 3 is 2.46 bits per heavy atom. The van der Waals surface area contributed by atoms with Gasteiger partial charge in [0.05, 0.1) is 0 Å². The minimum absolute atomic E-state index is 0.121. The summed E-state index contributed by atoms with van der Waals surface area (Å²) >= 11 is 0. The Morgan fingerprint density at radius 1 is 1.04 bits per heavy atom. The van der Waals surface area contributed by atoms with E-state index in [1.165, 1.54) is 5.69 Å². The molecule has 0 bridgehead atoms. The van der Waals surface area contributed by atoms with Gasteiger partial charge in [0.2, 0.25) is 6.10 Å². The van der Waals surface area contributed by atoms with Crippen LogP contribution < -0.4 is 19.7 Å². The van der Waals surface area contributed by atoms with Crippen LogP contribution in [0.5, 0.6) is 11.5 Å². The minimum Gasteiger partial charge on any atom is -0.485 e.